The molecule has 1 saturated carbocycles. The van der Waals surface area contributed by atoms with Crippen LogP contribution in [0, 0.1) is 12.3 Å². The standard InChI is InChI=1S/C12H18N4/c1-8-7-15-16-11(13)10(8)9-6-12(9)2-4-14-5-3-12/h7,9,14H,2-6H2,1H3,(H2,13,16). The van der Waals surface area contributed by atoms with Gasteiger partial charge in [0.15, 0.2) is 0 Å². The van der Waals surface area contributed by atoms with Gasteiger partial charge in [-0.15, -0.1) is 5.10 Å². The molecule has 1 aliphatic heterocycles. The third-order valence-electron chi connectivity index (χ3n) is 4.26. The summed E-state index contributed by atoms with van der Waals surface area (Å²) in [7, 11) is 0. The molecule has 0 amide bonds. The van der Waals surface area contributed by atoms with Gasteiger partial charge in [0, 0.05) is 5.56 Å². The number of nitrogens with two attached hydrogens (primary N) is 1. The molecular weight excluding hydrogens is 200 g/mol. The minimum absolute atomic E-state index is 0.521. The third-order valence-corrected chi connectivity index (χ3v) is 4.26. The molecule has 1 aromatic heterocycles. The van der Waals surface area contributed by atoms with Gasteiger partial charge in [0.05, 0.1) is 6.20 Å². The summed E-state index contributed by atoms with van der Waals surface area (Å²) in [6.45, 7) is 4.38. The van der Waals surface area contributed by atoms with Crippen molar-refractivity contribution >= 4 is 5.82 Å². The van der Waals surface area contributed by atoms with E-state index in [0.29, 0.717) is 17.2 Å². The highest BCUT2D eigenvalue weighted by molar-refractivity contribution is 5.49. The molecule has 1 spiro atoms. The van der Waals surface area contributed by atoms with Crippen molar-refractivity contribution in [2.45, 2.75) is 32.1 Å². The minimum Gasteiger partial charge on any atom is -0.382 e. The molecule has 0 aromatic carbocycles. The molecule has 1 atom stereocenters. The van der Waals surface area contributed by atoms with Crippen LogP contribution in [-0.2, 0) is 0 Å². The molecule has 3 rings (SSSR count). The van der Waals surface area contributed by atoms with E-state index in [1.165, 1.54) is 30.4 Å². The lowest BCUT2D eigenvalue weighted by molar-refractivity contribution is 0.342. The molecule has 4 heteroatoms. The Labute approximate surface area is 95.6 Å². The van der Waals surface area contributed by atoms with Crippen molar-refractivity contribution in [2.75, 3.05) is 18.8 Å². The van der Waals surface area contributed by atoms with Gasteiger partial charge in [0.1, 0.15) is 5.82 Å². The average molecular weight is 218 g/mol. The zero-order valence-corrected chi connectivity index (χ0v) is 9.66. The Morgan fingerprint density at radius 3 is 2.88 bits per heavy atom. The van der Waals surface area contributed by atoms with Crippen molar-refractivity contribution in [1.29, 1.82) is 0 Å². The van der Waals surface area contributed by atoms with Crippen molar-refractivity contribution in [2.24, 2.45) is 5.41 Å². The van der Waals surface area contributed by atoms with Crippen LogP contribution in [0.25, 0.3) is 0 Å². The Morgan fingerprint density at radius 1 is 1.44 bits per heavy atom. The smallest absolute Gasteiger partial charge is 0.149 e. The number of piperidine rings is 1. The number of anilines is 1. The van der Waals surface area contributed by atoms with Crippen molar-refractivity contribution in [3.05, 3.63) is 17.3 Å². The van der Waals surface area contributed by atoms with Crippen molar-refractivity contribution in [3.8, 4) is 0 Å². The van der Waals surface area contributed by atoms with Crippen LogP contribution >= 0.6 is 0 Å². The van der Waals surface area contributed by atoms with Crippen LogP contribution in [0.15, 0.2) is 6.20 Å². The number of hydrogen-bond donors (Lipinski definition) is 2. The number of nitrogens with zero attached hydrogens (tertiary/aromatic N) is 2. The van der Waals surface area contributed by atoms with Crippen LogP contribution in [0.4, 0.5) is 5.82 Å². The minimum atomic E-state index is 0.521. The van der Waals surface area contributed by atoms with Gasteiger partial charge in [-0.25, -0.2) is 0 Å². The van der Waals surface area contributed by atoms with E-state index in [0.717, 1.165) is 13.1 Å². The normalized spacial score (nSPS) is 26.9. The lowest BCUT2D eigenvalue weighted by Gasteiger charge is -2.24. The van der Waals surface area contributed by atoms with Gasteiger partial charge in [-0.05, 0) is 56.2 Å². The lowest BCUT2D eigenvalue weighted by atomic mass is 9.89. The zero-order chi connectivity index (χ0) is 11.2. The molecule has 2 heterocycles. The number of hydrogen-bond acceptors (Lipinski definition) is 4. The molecule has 1 aromatic rings. The van der Waals surface area contributed by atoms with Gasteiger partial charge >= 0.3 is 0 Å². The van der Waals surface area contributed by atoms with Crippen LogP contribution in [0.2, 0.25) is 0 Å². The molecule has 16 heavy (non-hydrogen) atoms. The average Bonchev–Trinajstić information content (AvgIpc) is 2.92. The summed E-state index contributed by atoms with van der Waals surface area (Å²) in [4.78, 5) is 0. The molecule has 2 fully saturated rings. The van der Waals surface area contributed by atoms with Gasteiger partial charge in [-0.1, -0.05) is 0 Å². The summed E-state index contributed by atoms with van der Waals surface area (Å²) < 4.78 is 0. The maximum atomic E-state index is 5.96. The predicted octanol–water partition coefficient (Wildman–Crippen LogP) is 1.22. The summed E-state index contributed by atoms with van der Waals surface area (Å²) >= 11 is 0. The third kappa shape index (κ3) is 1.40. The van der Waals surface area contributed by atoms with Crippen LogP contribution in [0.1, 0.15) is 36.3 Å². The second-order valence-electron chi connectivity index (χ2n) is 5.20. The topological polar surface area (TPSA) is 63.8 Å². The number of aryl methyl sites for hydroxylation is 1. The van der Waals surface area contributed by atoms with Gasteiger partial charge in [0.2, 0.25) is 0 Å². The Kier molecular flexibility index (Phi) is 2.14. The van der Waals surface area contributed by atoms with E-state index in [-0.39, 0.29) is 0 Å². The monoisotopic (exact) mass is 218 g/mol. The van der Waals surface area contributed by atoms with E-state index >= 15 is 0 Å². The van der Waals surface area contributed by atoms with Crippen LogP contribution in [0.5, 0.6) is 0 Å². The van der Waals surface area contributed by atoms with E-state index in [2.05, 4.69) is 22.4 Å². The summed E-state index contributed by atoms with van der Waals surface area (Å²) in [6, 6.07) is 0. The number of nitrogens with one attached hydrogen (secondary N) is 1. The van der Waals surface area contributed by atoms with Crippen LogP contribution in [-0.4, -0.2) is 23.3 Å². The molecule has 2 aliphatic rings. The van der Waals surface area contributed by atoms with E-state index in [9.17, 15) is 0 Å². The fourth-order valence-corrected chi connectivity index (χ4v) is 3.19. The molecular formula is C12H18N4. The summed E-state index contributed by atoms with van der Waals surface area (Å²) in [5, 5.41) is 11.3. The Hall–Kier alpha value is -1.16. The largest absolute Gasteiger partial charge is 0.382 e. The maximum absolute atomic E-state index is 5.96. The summed E-state index contributed by atoms with van der Waals surface area (Å²) in [5.41, 5.74) is 8.95. The van der Waals surface area contributed by atoms with Gasteiger partial charge in [-0.3, -0.25) is 0 Å². The first-order valence-electron chi connectivity index (χ1n) is 6.01. The molecule has 1 unspecified atom stereocenters. The van der Waals surface area contributed by atoms with Crippen molar-refractivity contribution in [3.63, 3.8) is 0 Å². The highest BCUT2D eigenvalue weighted by Gasteiger charge is 2.55. The van der Waals surface area contributed by atoms with Crippen molar-refractivity contribution < 1.29 is 0 Å². The Morgan fingerprint density at radius 2 is 2.19 bits per heavy atom. The molecule has 1 aliphatic carbocycles. The maximum Gasteiger partial charge on any atom is 0.149 e. The molecule has 0 radical (unpaired) electrons. The Bertz CT molecular complexity index is 389. The first-order valence-corrected chi connectivity index (χ1v) is 6.01. The quantitative estimate of drug-likeness (QED) is 0.744. The molecule has 4 nitrogen and oxygen atoms in total. The zero-order valence-electron chi connectivity index (χ0n) is 9.66. The number of rotatable bonds is 1. The Balaban J connectivity index is 1.90. The van der Waals surface area contributed by atoms with Crippen LogP contribution < -0.4 is 11.1 Å². The summed E-state index contributed by atoms with van der Waals surface area (Å²) in [5.74, 6) is 1.27. The van der Waals surface area contributed by atoms with Crippen LogP contribution in [0.3, 0.4) is 0 Å². The van der Waals surface area contributed by atoms with E-state index in [1.54, 1.807) is 0 Å². The first-order chi connectivity index (χ1) is 7.73. The molecule has 0 bridgehead atoms. The SMILES string of the molecule is Cc1cnnc(N)c1C1CC12CCNCC2. The van der Waals surface area contributed by atoms with E-state index in [1.807, 2.05) is 6.20 Å². The fraction of sp³-hybridized carbons (Fsp3) is 0.667. The van der Waals surface area contributed by atoms with Gasteiger partial charge in [0.25, 0.3) is 0 Å². The van der Waals surface area contributed by atoms with Crippen molar-refractivity contribution in [1.82, 2.24) is 15.5 Å². The highest BCUT2D eigenvalue weighted by atomic mass is 15.1. The fourth-order valence-electron chi connectivity index (χ4n) is 3.19. The second-order valence-corrected chi connectivity index (χ2v) is 5.20. The lowest BCUT2D eigenvalue weighted by Crippen LogP contribution is -2.29. The van der Waals surface area contributed by atoms with Gasteiger partial charge < -0.3 is 11.1 Å². The number of aromatic nitrogens is 2. The molecule has 3 N–H and O–H groups in total. The summed E-state index contributed by atoms with van der Waals surface area (Å²) in [6.07, 6.45) is 5.67. The molecule has 86 valence electrons. The highest BCUT2D eigenvalue weighted by Crippen LogP contribution is 2.65. The first kappa shape index (κ1) is 10.0. The van der Waals surface area contributed by atoms with E-state index < -0.39 is 0 Å². The second kappa shape index (κ2) is 3.42. The van der Waals surface area contributed by atoms with E-state index in [4.69, 9.17) is 5.73 Å². The predicted molar refractivity (Wildman–Crippen MR) is 63.1 cm³/mol. The van der Waals surface area contributed by atoms with Gasteiger partial charge in [-0.2, -0.15) is 5.10 Å². The number of nitrogen functional groups attached to an aromatic ring is 1. The molecule has 1 saturated heterocycles.